The topological polar surface area (TPSA) is 25.0 Å². The maximum Gasteiger partial charge on any atom is 0.416 e. The van der Waals surface area contributed by atoms with Crippen LogP contribution < -0.4 is 4.74 Å². The summed E-state index contributed by atoms with van der Waals surface area (Å²) in [7, 11) is 0. The molecule has 22 heavy (non-hydrogen) atoms. The molecule has 0 aliphatic heterocycles. The standard InChI is InChI=1S/C17H14F3NO/c1-11-3-2-4-16-15(11)9-13(21-16)10-22-14-7-5-12(6-8-14)17(18,19)20/h2-9,21H,10H2,1H3. The SMILES string of the molecule is Cc1cccc2[nH]c(COc3ccc(C(F)(F)F)cc3)cc12. The summed E-state index contributed by atoms with van der Waals surface area (Å²) in [4.78, 5) is 3.24. The van der Waals surface area contributed by atoms with E-state index in [1.807, 2.05) is 31.2 Å². The van der Waals surface area contributed by atoms with Crippen LogP contribution in [-0.2, 0) is 12.8 Å². The minimum absolute atomic E-state index is 0.277. The van der Waals surface area contributed by atoms with Gasteiger partial charge in [-0.1, -0.05) is 12.1 Å². The number of aryl methyl sites for hydroxylation is 1. The van der Waals surface area contributed by atoms with Crippen molar-refractivity contribution in [1.82, 2.24) is 4.98 Å². The molecule has 2 nitrogen and oxygen atoms in total. The van der Waals surface area contributed by atoms with Crippen molar-refractivity contribution < 1.29 is 17.9 Å². The van der Waals surface area contributed by atoms with Crippen molar-refractivity contribution in [2.24, 2.45) is 0 Å². The highest BCUT2D eigenvalue weighted by atomic mass is 19.4. The fourth-order valence-corrected chi connectivity index (χ4v) is 2.34. The first-order valence-electron chi connectivity index (χ1n) is 6.81. The second kappa shape index (κ2) is 5.40. The summed E-state index contributed by atoms with van der Waals surface area (Å²) in [5, 5.41) is 1.12. The average Bonchev–Trinajstić information content (AvgIpc) is 2.89. The smallest absolute Gasteiger partial charge is 0.416 e. The van der Waals surface area contributed by atoms with Gasteiger partial charge < -0.3 is 9.72 Å². The Kier molecular flexibility index (Phi) is 3.56. The van der Waals surface area contributed by atoms with Gasteiger partial charge in [0.2, 0.25) is 0 Å². The van der Waals surface area contributed by atoms with Crippen molar-refractivity contribution in [1.29, 1.82) is 0 Å². The number of hydrogen-bond donors (Lipinski definition) is 1. The molecule has 114 valence electrons. The zero-order valence-corrected chi connectivity index (χ0v) is 11.9. The Hall–Kier alpha value is -2.43. The molecule has 0 atom stereocenters. The maximum absolute atomic E-state index is 12.5. The van der Waals surface area contributed by atoms with Gasteiger partial charge in [0.05, 0.1) is 11.3 Å². The van der Waals surface area contributed by atoms with Crippen LogP contribution >= 0.6 is 0 Å². The summed E-state index contributed by atoms with van der Waals surface area (Å²) in [6, 6.07) is 12.7. The molecule has 0 radical (unpaired) electrons. The van der Waals surface area contributed by atoms with Gasteiger partial charge in [-0.3, -0.25) is 0 Å². The number of halogens is 3. The molecular weight excluding hydrogens is 291 g/mol. The Morgan fingerprint density at radius 1 is 1.05 bits per heavy atom. The quantitative estimate of drug-likeness (QED) is 0.717. The lowest BCUT2D eigenvalue weighted by Gasteiger charge is -2.08. The third-order valence-electron chi connectivity index (χ3n) is 3.51. The van der Waals surface area contributed by atoms with Crippen molar-refractivity contribution in [2.75, 3.05) is 0 Å². The molecule has 0 aliphatic carbocycles. The highest BCUT2D eigenvalue weighted by Crippen LogP contribution is 2.30. The van der Waals surface area contributed by atoms with E-state index in [1.54, 1.807) is 0 Å². The first-order valence-corrected chi connectivity index (χ1v) is 6.81. The van der Waals surface area contributed by atoms with E-state index in [4.69, 9.17) is 4.74 Å². The number of fused-ring (bicyclic) bond motifs is 1. The highest BCUT2D eigenvalue weighted by molar-refractivity contribution is 5.83. The second-order valence-corrected chi connectivity index (χ2v) is 5.14. The van der Waals surface area contributed by atoms with E-state index < -0.39 is 11.7 Å². The molecule has 0 unspecified atom stereocenters. The summed E-state index contributed by atoms with van der Waals surface area (Å²) < 4.78 is 43.0. The minimum Gasteiger partial charge on any atom is -0.487 e. The molecule has 1 heterocycles. The Morgan fingerprint density at radius 2 is 1.77 bits per heavy atom. The fraction of sp³-hybridized carbons (Fsp3) is 0.176. The summed E-state index contributed by atoms with van der Waals surface area (Å²) >= 11 is 0. The number of nitrogens with one attached hydrogen (secondary N) is 1. The van der Waals surface area contributed by atoms with E-state index in [2.05, 4.69) is 4.98 Å². The van der Waals surface area contributed by atoms with Crippen LogP contribution in [0, 0.1) is 6.92 Å². The van der Waals surface area contributed by atoms with Crippen molar-refractivity contribution in [3.63, 3.8) is 0 Å². The van der Waals surface area contributed by atoms with Gasteiger partial charge in [0.1, 0.15) is 12.4 Å². The number of rotatable bonds is 3. The van der Waals surface area contributed by atoms with Crippen LogP contribution in [0.3, 0.4) is 0 Å². The number of aromatic nitrogens is 1. The summed E-state index contributed by atoms with van der Waals surface area (Å²) in [5.41, 5.74) is 2.38. The lowest BCUT2D eigenvalue weighted by Crippen LogP contribution is -2.04. The van der Waals surface area contributed by atoms with E-state index in [9.17, 15) is 13.2 Å². The Balaban J connectivity index is 1.72. The van der Waals surface area contributed by atoms with Crippen LogP contribution in [0.4, 0.5) is 13.2 Å². The van der Waals surface area contributed by atoms with Crippen LogP contribution in [0.25, 0.3) is 10.9 Å². The molecule has 0 bridgehead atoms. The predicted octanol–water partition coefficient (Wildman–Crippen LogP) is 5.07. The van der Waals surface area contributed by atoms with Gasteiger partial charge in [0.15, 0.2) is 0 Å². The van der Waals surface area contributed by atoms with Crippen LogP contribution in [0.2, 0.25) is 0 Å². The number of alkyl halides is 3. The Labute approximate surface area is 125 Å². The molecule has 0 saturated heterocycles. The van der Waals surface area contributed by atoms with Gasteiger partial charge in [-0.05, 0) is 48.9 Å². The van der Waals surface area contributed by atoms with E-state index in [0.717, 1.165) is 34.3 Å². The monoisotopic (exact) mass is 305 g/mol. The molecule has 3 aromatic rings. The molecule has 0 aliphatic rings. The summed E-state index contributed by atoms with van der Waals surface area (Å²) in [6.07, 6.45) is -4.33. The molecule has 0 fully saturated rings. The van der Waals surface area contributed by atoms with E-state index in [0.29, 0.717) is 5.75 Å². The van der Waals surface area contributed by atoms with Crippen molar-refractivity contribution in [3.05, 3.63) is 65.4 Å². The maximum atomic E-state index is 12.5. The molecule has 3 rings (SSSR count). The van der Waals surface area contributed by atoms with Gasteiger partial charge in [-0.25, -0.2) is 0 Å². The molecule has 1 aromatic heterocycles. The summed E-state index contributed by atoms with van der Waals surface area (Å²) in [6.45, 7) is 2.30. The molecular formula is C17H14F3NO. The molecule has 5 heteroatoms. The van der Waals surface area contributed by atoms with Crippen LogP contribution in [0.1, 0.15) is 16.8 Å². The van der Waals surface area contributed by atoms with Crippen molar-refractivity contribution in [2.45, 2.75) is 19.7 Å². The third-order valence-corrected chi connectivity index (χ3v) is 3.51. The predicted molar refractivity (Wildman–Crippen MR) is 78.8 cm³/mol. The lowest BCUT2D eigenvalue weighted by molar-refractivity contribution is -0.137. The largest absolute Gasteiger partial charge is 0.487 e. The molecule has 0 saturated carbocycles. The van der Waals surface area contributed by atoms with Crippen LogP contribution in [-0.4, -0.2) is 4.98 Å². The number of benzene rings is 2. The van der Waals surface area contributed by atoms with E-state index in [-0.39, 0.29) is 6.61 Å². The molecule has 1 N–H and O–H groups in total. The van der Waals surface area contributed by atoms with Gasteiger partial charge >= 0.3 is 6.18 Å². The zero-order valence-electron chi connectivity index (χ0n) is 11.9. The minimum atomic E-state index is -4.33. The van der Waals surface area contributed by atoms with Crippen LogP contribution in [0.5, 0.6) is 5.75 Å². The second-order valence-electron chi connectivity index (χ2n) is 5.14. The molecule has 0 spiro atoms. The fourth-order valence-electron chi connectivity index (χ4n) is 2.34. The highest BCUT2D eigenvalue weighted by Gasteiger charge is 2.29. The van der Waals surface area contributed by atoms with Crippen molar-refractivity contribution >= 4 is 10.9 Å². The van der Waals surface area contributed by atoms with Crippen molar-refractivity contribution in [3.8, 4) is 5.75 Å². The molecule has 2 aromatic carbocycles. The van der Waals surface area contributed by atoms with Gasteiger partial charge in [-0.15, -0.1) is 0 Å². The Bertz CT molecular complexity index is 788. The van der Waals surface area contributed by atoms with E-state index >= 15 is 0 Å². The normalized spacial score (nSPS) is 11.8. The lowest BCUT2D eigenvalue weighted by atomic mass is 10.1. The zero-order chi connectivity index (χ0) is 15.7. The average molecular weight is 305 g/mol. The molecule has 0 amide bonds. The summed E-state index contributed by atoms with van der Waals surface area (Å²) in [5.74, 6) is 0.406. The van der Waals surface area contributed by atoms with Crippen LogP contribution in [0.15, 0.2) is 48.5 Å². The van der Waals surface area contributed by atoms with Gasteiger partial charge in [0.25, 0.3) is 0 Å². The van der Waals surface area contributed by atoms with Gasteiger partial charge in [0, 0.05) is 10.9 Å². The number of aromatic amines is 1. The third kappa shape index (κ3) is 2.93. The van der Waals surface area contributed by atoms with Gasteiger partial charge in [-0.2, -0.15) is 13.2 Å². The number of H-pyrrole nitrogens is 1. The number of hydrogen-bond acceptors (Lipinski definition) is 1. The first-order chi connectivity index (χ1) is 10.4. The van der Waals surface area contributed by atoms with E-state index in [1.165, 1.54) is 12.1 Å². The number of ether oxygens (including phenoxy) is 1. The first kappa shape index (κ1) is 14.5. The Morgan fingerprint density at radius 3 is 2.41 bits per heavy atom.